The van der Waals surface area contributed by atoms with Gasteiger partial charge in [0.1, 0.15) is 0 Å². The predicted molar refractivity (Wildman–Crippen MR) is 71.4 cm³/mol. The maximum absolute atomic E-state index is 9.63. The summed E-state index contributed by atoms with van der Waals surface area (Å²) < 4.78 is 6.34. The van der Waals surface area contributed by atoms with Crippen molar-refractivity contribution in [2.75, 3.05) is 6.61 Å². The van der Waals surface area contributed by atoms with E-state index in [2.05, 4.69) is 28.1 Å². The van der Waals surface area contributed by atoms with Crippen molar-refractivity contribution in [2.45, 2.75) is 6.42 Å². The monoisotopic (exact) mass is 292 g/mol. The van der Waals surface area contributed by atoms with Crippen molar-refractivity contribution in [3.8, 4) is 11.5 Å². The minimum Gasteiger partial charge on any atom is -0.504 e. The van der Waals surface area contributed by atoms with E-state index in [0.717, 1.165) is 10.9 Å². The van der Waals surface area contributed by atoms with E-state index in [-0.39, 0.29) is 5.75 Å². The maximum atomic E-state index is 9.63. The molecule has 1 N–H and O–H groups in total. The summed E-state index contributed by atoms with van der Waals surface area (Å²) in [6.07, 6.45) is 0.821. The van der Waals surface area contributed by atoms with Crippen molar-refractivity contribution in [1.82, 2.24) is 0 Å². The summed E-state index contributed by atoms with van der Waals surface area (Å²) in [5, 5.41) is 9.63. The van der Waals surface area contributed by atoms with Gasteiger partial charge >= 0.3 is 0 Å². The molecule has 2 aromatic carbocycles. The van der Waals surface area contributed by atoms with Gasteiger partial charge in [-0.05, 0) is 33.6 Å². The Balaban J connectivity index is 1.95. The van der Waals surface area contributed by atoms with Crippen molar-refractivity contribution in [3.05, 3.63) is 58.6 Å². The molecule has 17 heavy (non-hydrogen) atoms. The van der Waals surface area contributed by atoms with Gasteiger partial charge in [-0.3, -0.25) is 0 Å². The number of aromatic hydroxyl groups is 1. The zero-order valence-electron chi connectivity index (χ0n) is 9.27. The summed E-state index contributed by atoms with van der Waals surface area (Å²) in [4.78, 5) is 0. The second kappa shape index (κ2) is 5.73. The van der Waals surface area contributed by atoms with Crippen molar-refractivity contribution >= 4 is 15.9 Å². The summed E-state index contributed by atoms with van der Waals surface area (Å²) in [7, 11) is 0. The summed E-state index contributed by atoms with van der Waals surface area (Å²) >= 11 is 3.35. The van der Waals surface area contributed by atoms with Gasteiger partial charge in [0.25, 0.3) is 0 Å². The lowest BCUT2D eigenvalue weighted by Crippen LogP contribution is -2.01. The highest BCUT2D eigenvalue weighted by Gasteiger charge is 2.06. The molecule has 3 heteroatoms. The van der Waals surface area contributed by atoms with Crippen LogP contribution in [0.2, 0.25) is 0 Å². The smallest absolute Gasteiger partial charge is 0.175 e. The first kappa shape index (κ1) is 12.0. The zero-order valence-corrected chi connectivity index (χ0v) is 10.9. The first-order valence-corrected chi connectivity index (χ1v) is 6.21. The quantitative estimate of drug-likeness (QED) is 0.929. The number of para-hydroxylation sites is 1. The number of phenolic OH excluding ortho intramolecular Hbond substituents is 1. The normalized spacial score (nSPS) is 10.2. The molecule has 0 saturated carbocycles. The largest absolute Gasteiger partial charge is 0.504 e. The molecule has 0 aliphatic carbocycles. The van der Waals surface area contributed by atoms with Crippen LogP contribution in [0.4, 0.5) is 0 Å². The maximum Gasteiger partial charge on any atom is 0.175 e. The first-order valence-electron chi connectivity index (χ1n) is 5.41. The molecule has 0 aliphatic heterocycles. The lowest BCUT2D eigenvalue weighted by atomic mass is 10.2. The summed E-state index contributed by atoms with van der Waals surface area (Å²) in [5.41, 5.74) is 1.22. The molecule has 88 valence electrons. The molecule has 0 unspecified atom stereocenters. The molecule has 0 amide bonds. The van der Waals surface area contributed by atoms with E-state index in [1.54, 1.807) is 12.1 Å². The van der Waals surface area contributed by atoms with E-state index in [1.807, 2.05) is 24.3 Å². The van der Waals surface area contributed by atoms with Crippen LogP contribution in [0.5, 0.6) is 11.5 Å². The van der Waals surface area contributed by atoms with Crippen LogP contribution in [0.1, 0.15) is 5.56 Å². The Bertz CT molecular complexity index is 463. The van der Waals surface area contributed by atoms with E-state index >= 15 is 0 Å². The molecule has 2 nitrogen and oxygen atoms in total. The van der Waals surface area contributed by atoms with E-state index in [4.69, 9.17) is 4.74 Å². The zero-order chi connectivity index (χ0) is 12.1. The molecule has 0 aromatic heterocycles. The third-order valence-electron chi connectivity index (χ3n) is 2.43. The molecule has 0 fully saturated rings. The third-order valence-corrected chi connectivity index (χ3v) is 3.05. The fourth-order valence-corrected chi connectivity index (χ4v) is 2.03. The fraction of sp³-hybridized carbons (Fsp3) is 0.143. The van der Waals surface area contributed by atoms with Crippen molar-refractivity contribution in [3.63, 3.8) is 0 Å². The molecular weight excluding hydrogens is 280 g/mol. The van der Waals surface area contributed by atoms with Crippen LogP contribution in [0.15, 0.2) is 53.0 Å². The minimum absolute atomic E-state index is 0.160. The average molecular weight is 293 g/mol. The molecule has 0 saturated heterocycles. The molecule has 0 bridgehead atoms. The topological polar surface area (TPSA) is 29.5 Å². The van der Waals surface area contributed by atoms with Crippen molar-refractivity contribution < 1.29 is 9.84 Å². The van der Waals surface area contributed by atoms with E-state index in [1.165, 1.54) is 5.56 Å². The third kappa shape index (κ3) is 3.24. The number of phenols is 1. The Morgan fingerprint density at radius 3 is 2.47 bits per heavy atom. The van der Waals surface area contributed by atoms with Crippen molar-refractivity contribution in [1.29, 1.82) is 0 Å². The van der Waals surface area contributed by atoms with E-state index < -0.39 is 0 Å². The van der Waals surface area contributed by atoms with Crippen LogP contribution >= 0.6 is 15.9 Å². The molecule has 0 aliphatic rings. The number of hydrogen-bond donors (Lipinski definition) is 1. The van der Waals surface area contributed by atoms with Crippen LogP contribution < -0.4 is 4.74 Å². The van der Waals surface area contributed by atoms with Gasteiger partial charge in [0.2, 0.25) is 0 Å². The van der Waals surface area contributed by atoms with Crippen LogP contribution in [-0.4, -0.2) is 11.7 Å². The van der Waals surface area contributed by atoms with Gasteiger partial charge in [-0.15, -0.1) is 0 Å². The number of hydrogen-bond acceptors (Lipinski definition) is 2. The highest BCUT2D eigenvalue weighted by atomic mass is 79.9. The van der Waals surface area contributed by atoms with Crippen LogP contribution in [0.3, 0.4) is 0 Å². The number of ether oxygens (including phenoxy) is 1. The molecule has 0 heterocycles. The number of rotatable bonds is 4. The Hall–Kier alpha value is -1.48. The van der Waals surface area contributed by atoms with Crippen molar-refractivity contribution in [2.24, 2.45) is 0 Å². The highest BCUT2D eigenvalue weighted by molar-refractivity contribution is 9.10. The van der Waals surface area contributed by atoms with Gasteiger partial charge in [0, 0.05) is 6.42 Å². The van der Waals surface area contributed by atoms with Gasteiger partial charge < -0.3 is 9.84 Å². The van der Waals surface area contributed by atoms with E-state index in [9.17, 15) is 5.11 Å². The Kier molecular flexibility index (Phi) is 4.04. The standard InChI is InChI=1S/C14H13BrO2/c15-12-7-4-8-13(16)14(12)17-10-9-11-5-2-1-3-6-11/h1-8,16H,9-10H2. The molecule has 0 radical (unpaired) electrons. The molecule has 0 spiro atoms. The van der Waals surface area contributed by atoms with Gasteiger partial charge in [-0.2, -0.15) is 0 Å². The second-order valence-electron chi connectivity index (χ2n) is 3.67. The fourth-order valence-electron chi connectivity index (χ4n) is 1.56. The Morgan fingerprint density at radius 2 is 1.76 bits per heavy atom. The molecular formula is C14H13BrO2. The summed E-state index contributed by atoms with van der Waals surface area (Å²) in [6.45, 7) is 0.542. The highest BCUT2D eigenvalue weighted by Crippen LogP contribution is 2.33. The summed E-state index contributed by atoms with van der Waals surface area (Å²) in [5.74, 6) is 0.663. The number of halogens is 1. The van der Waals surface area contributed by atoms with Gasteiger partial charge in [0.05, 0.1) is 11.1 Å². The SMILES string of the molecule is Oc1cccc(Br)c1OCCc1ccccc1. The Morgan fingerprint density at radius 1 is 1.00 bits per heavy atom. The molecule has 2 aromatic rings. The lowest BCUT2D eigenvalue weighted by molar-refractivity contribution is 0.301. The first-order chi connectivity index (χ1) is 8.27. The number of benzene rings is 2. The van der Waals surface area contributed by atoms with Gasteiger partial charge in [0.15, 0.2) is 11.5 Å². The lowest BCUT2D eigenvalue weighted by Gasteiger charge is -2.09. The van der Waals surface area contributed by atoms with Crippen LogP contribution in [0, 0.1) is 0 Å². The van der Waals surface area contributed by atoms with Crippen LogP contribution in [-0.2, 0) is 6.42 Å². The van der Waals surface area contributed by atoms with Gasteiger partial charge in [-0.1, -0.05) is 36.4 Å². The second-order valence-corrected chi connectivity index (χ2v) is 4.53. The Labute approximate surface area is 109 Å². The van der Waals surface area contributed by atoms with E-state index in [0.29, 0.717) is 12.4 Å². The summed E-state index contributed by atoms with van der Waals surface area (Å²) in [6, 6.07) is 15.3. The van der Waals surface area contributed by atoms with Gasteiger partial charge in [-0.25, -0.2) is 0 Å². The molecule has 2 rings (SSSR count). The average Bonchev–Trinajstić information content (AvgIpc) is 2.34. The van der Waals surface area contributed by atoms with Crippen LogP contribution in [0.25, 0.3) is 0 Å². The molecule has 0 atom stereocenters. The predicted octanol–water partition coefficient (Wildman–Crippen LogP) is 3.78. The minimum atomic E-state index is 0.160.